The number of benzene rings is 1. The minimum atomic E-state index is -1.10. The van der Waals surface area contributed by atoms with E-state index in [1.54, 1.807) is 0 Å². The summed E-state index contributed by atoms with van der Waals surface area (Å²) in [5, 5.41) is 12.0. The lowest BCUT2D eigenvalue weighted by molar-refractivity contribution is -0.129. The average molecular weight is 221 g/mol. The first-order valence-corrected chi connectivity index (χ1v) is 5.17. The van der Waals surface area contributed by atoms with Crippen LogP contribution in [0.1, 0.15) is 18.4 Å². The quantitative estimate of drug-likeness (QED) is 0.693. The maximum absolute atomic E-state index is 11.3. The topological polar surface area (TPSA) is 66.4 Å². The number of amides is 1. The van der Waals surface area contributed by atoms with Crippen molar-refractivity contribution < 1.29 is 14.7 Å². The van der Waals surface area contributed by atoms with Gasteiger partial charge in [0.1, 0.15) is 12.4 Å². The van der Waals surface area contributed by atoms with Gasteiger partial charge in [-0.2, -0.15) is 0 Å². The Kier molecular flexibility index (Phi) is 5.22. The Balaban J connectivity index is 2.32. The molecule has 0 aromatic heterocycles. The van der Waals surface area contributed by atoms with Gasteiger partial charge in [-0.15, -0.1) is 0 Å². The Morgan fingerprint density at radius 3 is 2.69 bits per heavy atom. The minimum absolute atomic E-state index is 0.171. The summed E-state index contributed by atoms with van der Waals surface area (Å²) in [6, 6.07) is 9.43. The first-order chi connectivity index (χ1) is 7.74. The van der Waals surface area contributed by atoms with Crippen LogP contribution in [-0.4, -0.2) is 23.4 Å². The maximum Gasteiger partial charge on any atom is 0.249 e. The number of aldehydes is 1. The largest absolute Gasteiger partial charge is 0.383 e. The first kappa shape index (κ1) is 12.4. The third-order valence-electron chi connectivity index (χ3n) is 2.17. The average Bonchev–Trinajstić information content (AvgIpc) is 2.34. The molecule has 4 heteroatoms. The van der Waals surface area contributed by atoms with Gasteiger partial charge in [0.05, 0.1) is 0 Å². The standard InChI is InChI=1S/C12H15NO3/c14-8-4-7-11(15)12(16)13-9-10-5-2-1-3-6-10/h1-3,5-6,8,11,15H,4,7,9H2,(H,13,16). The van der Waals surface area contributed by atoms with E-state index in [1.807, 2.05) is 30.3 Å². The van der Waals surface area contributed by atoms with Crippen LogP contribution in [0.15, 0.2) is 30.3 Å². The van der Waals surface area contributed by atoms with Crippen LogP contribution in [0.2, 0.25) is 0 Å². The van der Waals surface area contributed by atoms with E-state index in [0.717, 1.165) is 5.56 Å². The number of carbonyl (C=O) groups excluding carboxylic acids is 2. The summed E-state index contributed by atoms with van der Waals surface area (Å²) >= 11 is 0. The van der Waals surface area contributed by atoms with Crippen LogP contribution in [0, 0.1) is 0 Å². The first-order valence-electron chi connectivity index (χ1n) is 5.17. The van der Waals surface area contributed by atoms with Crippen LogP contribution < -0.4 is 5.32 Å². The number of nitrogens with one attached hydrogen (secondary N) is 1. The van der Waals surface area contributed by atoms with Crippen molar-refractivity contribution in [1.29, 1.82) is 0 Å². The van der Waals surface area contributed by atoms with Crippen molar-refractivity contribution in [2.24, 2.45) is 0 Å². The number of aliphatic hydroxyl groups is 1. The van der Waals surface area contributed by atoms with Crippen LogP contribution >= 0.6 is 0 Å². The van der Waals surface area contributed by atoms with Gasteiger partial charge in [-0.05, 0) is 12.0 Å². The van der Waals surface area contributed by atoms with Crippen molar-refractivity contribution in [2.75, 3.05) is 0 Å². The lowest BCUT2D eigenvalue weighted by atomic mass is 10.2. The van der Waals surface area contributed by atoms with Gasteiger partial charge in [-0.25, -0.2) is 0 Å². The van der Waals surface area contributed by atoms with E-state index in [9.17, 15) is 14.7 Å². The molecule has 4 nitrogen and oxygen atoms in total. The molecule has 1 amide bonds. The van der Waals surface area contributed by atoms with Crippen molar-refractivity contribution in [2.45, 2.75) is 25.5 Å². The molecule has 1 aromatic rings. The van der Waals surface area contributed by atoms with E-state index in [4.69, 9.17) is 0 Å². The van der Waals surface area contributed by atoms with Crippen molar-refractivity contribution in [3.05, 3.63) is 35.9 Å². The van der Waals surface area contributed by atoms with Gasteiger partial charge < -0.3 is 15.2 Å². The number of hydrogen-bond acceptors (Lipinski definition) is 3. The number of carbonyl (C=O) groups is 2. The molecule has 1 aromatic carbocycles. The lowest BCUT2D eigenvalue weighted by Crippen LogP contribution is -2.34. The van der Waals surface area contributed by atoms with Crippen LogP contribution in [-0.2, 0) is 16.1 Å². The second-order valence-electron chi connectivity index (χ2n) is 3.46. The van der Waals surface area contributed by atoms with E-state index in [-0.39, 0.29) is 12.8 Å². The summed E-state index contributed by atoms with van der Waals surface area (Å²) in [5.74, 6) is -0.439. The van der Waals surface area contributed by atoms with Gasteiger partial charge in [0, 0.05) is 13.0 Å². The highest BCUT2D eigenvalue weighted by Gasteiger charge is 2.13. The molecule has 0 aliphatic rings. The molecule has 0 bridgehead atoms. The second kappa shape index (κ2) is 6.74. The molecule has 0 heterocycles. The molecule has 1 unspecified atom stereocenters. The molecule has 0 spiro atoms. The Labute approximate surface area is 94.3 Å². The van der Waals surface area contributed by atoms with E-state index < -0.39 is 12.0 Å². The van der Waals surface area contributed by atoms with Crippen LogP contribution in [0.4, 0.5) is 0 Å². The zero-order valence-corrected chi connectivity index (χ0v) is 8.93. The summed E-state index contributed by atoms with van der Waals surface area (Å²) in [6.07, 6.45) is -0.0495. The maximum atomic E-state index is 11.3. The molecule has 0 aliphatic heterocycles. The predicted molar refractivity (Wildman–Crippen MR) is 59.6 cm³/mol. The molecule has 0 saturated heterocycles. The van der Waals surface area contributed by atoms with Crippen molar-refractivity contribution in [1.82, 2.24) is 5.32 Å². The van der Waals surface area contributed by atoms with E-state index in [1.165, 1.54) is 0 Å². The Morgan fingerprint density at radius 1 is 1.38 bits per heavy atom. The molecular weight excluding hydrogens is 206 g/mol. The fraction of sp³-hybridized carbons (Fsp3) is 0.333. The third-order valence-corrected chi connectivity index (χ3v) is 2.17. The summed E-state index contributed by atoms with van der Waals surface area (Å²) in [6.45, 7) is 0.387. The van der Waals surface area contributed by atoms with Gasteiger partial charge >= 0.3 is 0 Å². The molecule has 1 atom stereocenters. The molecule has 1 rings (SSSR count). The fourth-order valence-electron chi connectivity index (χ4n) is 1.26. The smallest absolute Gasteiger partial charge is 0.249 e. The molecular formula is C12H15NO3. The normalized spacial score (nSPS) is 11.8. The summed E-state index contributed by atoms with van der Waals surface area (Å²) in [4.78, 5) is 21.4. The van der Waals surface area contributed by atoms with E-state index in [2.05, 4.69) is 5.32 Å². The predicted octanol–water partition coefficient (Wildman–Crippen LogP) is 0.643. The minimum Gasteiger partial charge on any atom is -0.383 e. The van der Waals surface area contributed by atoms with Gasteiger partial charge in [0.2, 0.25) is 5.91 Å². The zero-order valence-electron chi connectivity index (χ0n) is 8.93. The Morgan fingerprint density at radius 2 is 2.06 bits per heavy atom. The number of aliphatic hydroxyl groups excluding tert-OH is 1. The van der Waals surface area contributed by atoms with Crippen LogP contribution in [0.3, 0.4) is 0 Å². The van der Waals surface area contributed by atoms with Crippen molar-refractivity contribution in [3.8, 4) is 0 Å². The van der Waals surface area contributed by atoms with Gasteiger partial charge in [0.15, 0.2) is 0 Å². The SMILES string of the molecule is O=CCCC(O)C(=O)NCc1ccccc1. The molecule has 2 N–H and O–H groups in total. The second-order valence-corrected chi connectivity index (χ2v) is 3.46. The highest BCUT2D eigenvalue weighted by atomic mass is 16.3. The number of rotatable bonds is 6. The molecule has 0 aliphatic carbocycles. The summed E-state index contributed by atoms with van der Waals surface area (Å²) in [5.41, 5.74) is 0.971. The van der Waals surface area contributed by atoms with E-state index in [0.29, 0.717) is 12.8 Å². The van der Waals surface area contributed by atoms with E-state index >= 15 is 0 Å². The van der Waals surface area contributed by atoms with Gasteiger partial charge in [0.25, 0.3) is 0 Å². The van der Waals surface area contributed by atoms with Gasteiger partial charge in [-0.1, -0.05) is 30.3 Å². The van der Waals surface area contributed by atoms with Gasteiger partial charge in [-0.3, -0.25) is 4.79 Å². The summed E-state index contributed by atoms with van der Waals surface area (Å²) < 4.78 is 0. The molecule has 0 fully saturated rings. The Bertz CT molecular complexity index is 337. The van der Waals surface area contributed by atoms with Crippen LogP contribution in [0.25, 0.3) is 0 Å². The molecule has 0 saturated carbocycles. The fourth-order valence-corrected chi connectivity index (χ4v) is 1.26. The molecule has 86 valence electrons. The Hall–Kier alpha value is -1.68. The lowest BCUT2D eigenvalue weighted by Gasteiger charge is -2.09. The molecule has 16 heavy (non-hydrogen) atoms. The third kappa shape index (κ3) is 4.23. The monoisotopic (exact) mass is 221 g/mol. The zero-order chi connectivity index (χ0) is 11.8. The highest BCUT2D eigenvalue weighted by Crippen LogP contribution is 1.99. The summed E-state index contributed by atoms with van der Waals surface area (Å²) in [7, 11) is 0. The van der Waals surface area contributed by atoms with Crippen molar-refractivity contribution >= 4 is 12.2 Å². The highest BCUT2D eigenvalue weighted by molar-refractivity contribution is 5.80. The van der Waals surface area contributed by atoms with Crippen molar-refractivity contribution in [3.63, 3.8) is 0 Å². The number of hydrogen-bond donors (Lipinski definition) is 2. The van der Waals surface area contributed by atoms with Crippen LogP contribution in [0.5, 0.6) is 0 Å². The molecule has 0 radical (unpaired) electrons.